The van der Waals surface area contributed by atoms with Gasteiger partial charge in [-0.1, -0.05) is 6.07 Å². The summed E-state index contributed by atoms with van der Waals surface area (Å²) in [5.41, 5.74) is 3.47. The largest absolute Gasteiger partial charge is 0.366 e. The first-order chi connectivity index (χ1) is 12.1. The fourth-order valence-electron chi connectivity index (χ4n) is 2.24. The van der Waals surface area contributed by atoms with Crippen LogP contribution < -0.4 is 10.6 Å². The zero-order chi connectivity index (χ0) is 17.6. The van der Waals surface area contributed by atoms with Crippen molar-refractivity contribution in [2.75, 3.05) is 10.6 Å². The Morgan fingerprint density at radius 1 is 1.12 bits per heavy atom. The summed E-state index contributed by atoms with van der Waals surface area (Å²) in [6, 6.07) is 13.2. The number of nitrogens with zero attached hydrogens (tertiary/aromatic N) is 2. The van der Waals surface area contributed by atoms with Crippen LogP contribution >= 0.6 is 15.9 Å². The topological polar surface area (TPSA) is 66.9 Å². The van der Waals surface area contributed by atoms with E-state index < -0.39 is 0 Å². The minimum atomic E-state index is -0.197. The number of halogens is 1. The molecule has 2 N–H and O–H groups in total. The van der Waals surface area contributed by atoms with E-state index in [1.807, 2.05) is 37.3 Å². The van der Waals surface area contributed by atoms with Crippen LogP contribution in [0.3, 0.4) is 0 Å². The molecule has 0 saturated carbocycles. The molecule has 0 aliphatic rings. The van der Waals surface area contributed by atoms with Gasteiger partial charge in [0.05, 0.1) is 11.3 Å². The molecule has 1 amide bonds. The van der Waals surface area contributed by atoms with Gasteiger partial charge >= 0.3 is 0 Å². The molecule has 0 aliphatic carbocycles. The molecule has 5 nitrogen and oxygen atoms in total. The Morgan fingerprint density at radius 3 is 2.60 bits per heavy atom. The van der Waals surface area contributed by atoms with Crippen LogP contribution in [0.5, 0.6) is 0 Å². The summed E-state index contributed by atoms with van der Waals surface area (Å²) in [6.45, 7) is 2.65. The predicted molar refractivity (Wildman–Crippen MR) is 103 cm³/mol. The van der Waals surface area contributed by atoms with Crippen LogP contribution in [0.4, 0.5) is 11.5 Å². The van der Waals surface area contributed by atoms with Crippen molar-refractivity contribution in [3.8, 4) is 0 Å². The molecule has 6 heteroatoms. The summed E-state index contributed by atoms with van der Waals surface area (Å²) in [5, 5.41) is 6.09. The third-order valence-electron chi connectivity index (χ3n) is 3.62. The van der Waals surface area contributed by atoms with Crippen molar-refractivity contribution in [1.29, 1.82) is 0 Å². The first-order valence-electron chi connectivity index (χ1n) is 7.78. The summed E-state index contributed by atoms with van der Waals surface area (Å²) in [4.78, 5) is 20.6. The van der Waals surface area contributed by atoms with Gasteiger partial charge in [-0.2, -0.15) is 0 Å². The van der Waals surface area contributed by atoms with Gasteiger partial charge in [-0.05, 0) is 70.4 Å². The van der Waals surface area contributed by atoms with Gasteiger partial charge < -0.3 is 10.6 Å². The number of pyridine rings is 2. The number of aromatic nitrogens is 2. The van der Waals surface area contributed by atoms with Gasteiger partial charge in [-0.25, -0.2) is 4.98 Å². The fraction of sp³-hybridized carbons (Fsp3) is 0.105. The van der Waals surface area contributed by atoms with Crippen LogP contribution in [0, 0.1) is 6.92 Å². The van der Waals surface area contributed by atoms with Crippen LogP contribution in [0.25, 0.3) is 0 Å². The SMILES string of the molecule is Cc1ccc(NC(=O)c2ccc(NCc3ccncc3)nc2)c(Br)c1. The Kier molecular flexibility index (Phi) is 5.40. The van der Waals surface area contributed by atoms with Crippen molar-refractivity contribution in [1.82, 2.24) is 9.97 Å². The van der Waals surface area contributed by atoms with Crippen LogP contribution in [0.15, 0.2) is 65.5 Å². The average molecular weight is 397 g/mol. The van der Waals surface area contributed by atoms with Crippen LogP contribution in [0.2, 0.25) is 0 Å². The summed E-state index contributed by atoms with van der Waals surface area (Å²) in [5.74, 6) is 0.516. The smallest absolute Gasteiger partial charge is 0.257 e. The lowest BCUT2D eigenvalue weighted by Crippen LogP contribution is -2.13. The highest BCUT2D eigenvalue weighted by atomic mass is 79.9. The van der Waals surface area contributed by atoms with Crippen molar-refractivity contribution < 1.29 is 4.79 Å². The van der Waals surface area contributed by atoms with Crippen LogP contribution in [-0.4, -0.2) is 15.9 Å². The highest BCUT2D eigenvalue weighted by Crippen LogP contribution is 2.24. The molecule has 0 fully saturated rings. The van der Waals surface area contributed by atoms with Crippen molar-refractivity contribution >= 4 is 33.3 Å². The maximum absolute atomic E-state index is 12.3. The molecule has 0 unspecified atom stereocenters. The van der Waals surface area contributed by atoms with E-state index in [4.69, 9.17) is 0 Å². The Bertz CT molecular complexity index is 866. The second-order valence-electron chi connectivity index (χ2n) is 5.58. The highest BCUT2D eigenvalue weighted by Gasteiger charge is 2.09. The van der Waals surface area contributed by atoms with E-state index in [0.29, 0.717) is 17.9 Å². The van der Waals surface area contributed by atoms with E-state index in [1.165, 1.54) is 0 Å². The van der Waals surface area contributed by atoms with E-state index in [2.05, 4.69) is 36.5 Å². The number of nitrogens with one attached hydrogen (secondary N) is 2. The predicted octanol–water partition coefficient (Wildman–Crippen LogP) is 4.41. The number of rotatable bonds is 5. The fourth-order valence-corrected chi connectivity index (χ4v) is 2.83. The van der Waals surface area contributed by atoms with E-state index >= 15 is 0 Å². The zero-order valence-electron chi connectivity index (χ0n) is 13.7. The summed E-state index contributed by atoms with van der Waals surface area (Å²) < 4.78 is 0.851. The second kappa shape index (κ2) is 7.90. The van der Waals surface area contributed by atoms with Crippen LogP contribution in [-0.2, 0) is 6.54 Å². The lowest BCUT2D eigenvalue weighted by atomic mass is 10.2. The van der Waals surface area contributed by atoms with Gasteiger partial charge in [0.25, 0.3) is 5.91 Å². The Balaban J connectivity index is 1.62. The first-order valence-corrected chi connectivity index (χ1v) is 8.57. The first kappa shape index (κ1) is 17.1. The van der Waals surface area contributed by atoms with Crippen molar-refractivity contribution in [3.05, 3.63) is 82.2 Å². The van der Waals surface area contributed by atoms with Gasteiger partial charge in [0.15, 0.2) is 0 Å². The number of hydrogen-bond acceptors (Lipinski definition) is 4. The zero-order valence-corrected chi connectivity index (χ0v) is 15.2. The Morgan fingerprint density at radius 2 is 1.92 bits per heavy atom. The van der Waals surface area contributed by atoms with Crippen LogP contribution in [0.1, 0.15) is 21.5 Å². The third kappa shape index (κ3) is 4.64. The average Bonchev–Trinajstić information content (AvgIpc) is 2.63. The van der Waals surface area contributed by atoms with Crippen molar-refractivity contribution in [2.45, 2.75) is 13.5 Å². The maximum Gasteiger partial charge on any atom is 0.257 e. The number of aryl methyl sites for hydroxylation is 1. The lowest BCUT2D eigenvalue weighted by molar-refractivity contribution is 0.102. The molecule has 2 aromatic heterocycles. The molecule has 0 atom stereocenters. The van der Waals surface area contributed by atoms with E-state index in [1.54, 1.807) is 30.7 Å². The molecule has 3 rings (SSSR count). The third-order valence-corrected chi connectivity index (χ3v) is 4.28. The molecule has 0 saturated heterocycles. The minimum Gasteiger partial charge on any atom is -0.366 e. The van der Waals surface area contributed by atoms with Crippen molar-refractivity contribution in [2.24, 2.45) is 0 Å². The molecular weight excluding hydrogens is 380 g/mol. The molecule has 0 aliphatic heterocycles. The Hall–Kier alpha value is -2.73. The monoisotopic (exact) mass is 396 g/mol. The second-order valence-corrected chi connectivity index (χ2v) is 6.43. The Labute approximate surface area is 154 Å². The quantitative estimate of drug-likeness (QED) is 0.669. The molecule has 126 valence electrons. The number of anilines is 2. The highest BCUT2D eigenvalue weighted by molar-refractivity contribution is 9.10. The van der Waals surface area contributed by atoms with Gasteiger partial charge in [0, 0.05) is 29.6 Å². The van der Waals surface area contributed by atoms with Crippen molar-refractivity contribution in [3.63, 3.8) is 0 Å². The molecule has 3 aromatic rings. The molecular formula is C19H17BrN4O. The lowest BCUT2D eigenvalue weighted by Gasteiger charge is -2.09. The maximum atomic E-state index is 12.3. The number of carbonyl (C=O) groups is 1. The van der Waals surface area contributed by atoms with Gasteiger partial charge in [-0.15, -0.1) is 0 Å². The summed E-state index contributed by atoms with van der Waals surface area (Å²) in [7, 11) is 0. The molecule has 0 bridgehead atoms. The van der Waals surface area contributed by atoms with E-state index in [0.717, 1.165) is 21.3 Å². The summed E-state index contributed by atoms with van der Waals surface area (Å²) in [6.07, 6.45) is 5.06. The minimum absolute atomic E-state index is 0.197. The molecule has 0 radical (unpaired) electrons. The standard InChI is InChI=1S/C19H17BrN4O/c1-13-2-4-17(16(20)10-13)24-19(25)15-3-5-18(23-12-15)22-11-14-6-8-21-9-7-14/h2-10,12H,11H2,1H3,(H,22,23)(H,24,25). The number of carbonyl (C=O) groups excluding carboxylic acids is 1. The van der Waals surface area contributed by atoms with Gasteiger partial charge in [-0.3, -0.25) is 9.78 Å². The van der Waals surface area contributed by atoms with E-state index in [9.17, 15) is 4.79 Å². The summed E-state index contributed by atoms with van der Waals surface area (Å²) >= 11 is 3.46. The number of amides is 1. The number of hydrogen-bond donors (Lipinski definition) is 2. The molecule has 0 spiro atoms. The molecule has 1 aromatic carbocycles. The number of benzene rings is 1. The van der Waals surface area contributed by atoms with Gasteiger partial charge in [0.2, 0.25) is 0 Å². The molecule has 2 heterocycles. The normalized spacial score (nSPS) is 10.3. The molecule has 25 heavy (non-hydrogen) atoms. The van der Waals surface area contributed by atoms with E-state index in [-0.39, 0.29) is 5.91 Å². The van der Waals surface area contributed by atoms with Gasteiger partial charge in [0.1, 0.15) is 5.82 Å².